The van der Waals surface area contributed by atoms with E-state index in [9.17, 15) is 9.59 Å². The van der Waals surface area contributed by atoms with Gasteiger partial charge in [0.1, 0.15) is 12.3 Å². The number of esters is 1. The van der Waals surface area contributed by atoms with E-state index in [4.69, 9.17) is 14.2 Å². The standard InChI is InChI=1S/C24H25BrN4O5/c1-14(26-27-22(30)13-29-16(3)23(25)15(2)28-29)18-8-11-20(21(12-18)33-5)34-24(31)17-6-9-19(32-4)10-7-17/h6-12H,13H2,1-5H3,(H,27,30)/b26-14+. The number of carbonyl (C=O) groups excluding carboxylic acids is 2. The van der Waals surface area contributed by atoms with E-state index in [0.29, 0.717) is 28.3 Å². The van der Waals surface area contributed by atoms with Gasteiger partial charge in [-0.2, -0.15) is 10.2 Å². The molecule has 0 bridgehead atoms. The predicted molar refractivity (Wildman–Crippen MR) is 131 cm³/mol. The van der Waals surface area contributed by atoms with E-state index >= 15 is 0 Å². The second-order valence-corrected chi connectivity index (χ2v) is 8.15. The molecule has 0 atom stereocenters. The van der Waals surface area contributed by atoms with Gasteiger partial charge >= 0.3 is 5.97 Å². The first-order valence-electron chi connectivity index (χ1n) is 10.3. The van der Waals surface area contributed by atoms with Crippen molar-refractivity contribution in [2.75, 3.05) is 14.2 Å². The Bertz CT molecular complexity index is 1230. The maximum atomic E-state index is 12.5. The van der Waals surface area contributed by atoms with Crippen LogP contribution in [0, 0.1) is 13.8 Å². The van der Waals surface area contributed by atoms with Crippen LogP contribution in [-0.2, 0) is 11.3 Å². The number of rotatable bonds is 8. The molecule has 10 heteroatoms. The highest BCUT2D eigenvalue weighted by molar-refractivity contribution is 9.10. The SMILES string of the molecule is COc1ccc(C(=O)Oc2ccc(/C(C)=N/NC(=O)Cn3nc(C)c(Br)c3C)cc2OC)cc1. The number of nitrogens with zero attached hydrogens (tertiary/aromatic N) is 3. The summed E-state index contributed by atoms with van der Waals surface area (Å²) in [4.78, 5) is 24.8. The average Bonchev–Trinajstić information content (AvgIpc) is 3.08. The van der Waals surface area contributed by atoms with Gasteiger partial charge in [-0.1, -0.05) is 0 Å². The Morgan fingerprint density at radius 3 is 2.29 bits per heavy atom. The number of methoxy groups -OCH3 is 2. The van der Waals surface area contributed by atoms with E-state index in [2.05, 4.69) is 31.6 Å². The molecule has 0 radical (unpaired) electrons. The van der Waals surface area contributed by atoms with Gasteiger partial charge < -0.3 is 14.2 Å². The van der Waals surface area contributed by atoms with Crippen molar-refractivity contribution in [1.82, 2.24) is 15.2 Å². The minimum atomic E-state index is -0.526. The van der Waals surface area contributed by atoms with Crippen molar-refractivity contribution in [2.45, 2.75) is 27.3 Å². The predicted octanol–water partition coefficient (Wildman–Crippen LogP) is 4.04. The highest BCUT2D eigenvalue weighted by Crippen LogP contribution is 2.29. The van der Waals surface area contributed by atoms with Crippen molar-refractivity contribution in [3.05, 3.63) is 69.5 Å². The maximum absolute atomic E-state index is 12.5. The normalized spacial score (nSPS) is 11.2. The lowest BCUT2D eigenvalue weighted by molar-refractivity contribution is -0.121. The van der Waals surface area contributed by atoms with Gasteiger partial charge in [0.05, 0.1) is 41.4 Å². The lowest BCUT2D eigenvalue weighted by Crippen LogP contribution is -2.25. The van der Waals surface area contributed by atoms with Gasteiger partial charge in [-0.3, -0.25) is 9.48 Å². The molecule has 0 aliphatic heterocycles. The fraction of sp³-hybridized carbons (Fsp3) is 0.250. The summed E-state index contributed by atoms with van der Waals surface area (Å²) in [6.07, 6.45) is 0. The Morgan fingerprint density at radius 2 is 1.71 bits per heavy atom. The minimum Gasteiger partial charge on any atom is -0.497 e. The van der Waals surface area contributed by atoms with Crippen LogP contribution in [0.4, 0.5) is 0 Å². The third-order valence-corrected chi connectivity index (χ3v) is 6.19. The molecular formula is C24H25BrN4O5. The summed E-state index contributed by atoms with van der Waals surface area (Å²) in [5.41, 5.74) is 5.82. The molecule has 0 spiro atoms. The van der Waals surface area contributed by atoms with Crippen molar-refractivity contribution in [1.29, 1.82) is 0 Å². The smallest absolute Gasteiger partial charge is 0.343 e. The van der Waals surface area contributed by atoms with Crippen molar-refractivity contribution in [3.8, 4) is 17.2 Å². The summed E-state index contributed by atoms with van der Waals surface area (Å²) in [7, 11) is 3.03. The van der Waals surface area contributed by atoms with Gasteiger partial charge in [0.15, 0.2) is 11.5 Å². The molecule has 1 heterocycles. The number of hydrazone groups is 1. The highest BCUT2D eigenvalue weighted by Gasteiger charge is 2.15. The van der Waals surface area contributed by atoms with Crippen molar-refractivity contribution < 1.29 is 23.8 Å². The zero-order valence-corrected chi connectivity index (χ0v) is 21.1. The average molecular weight is 529 g/mol. The van der Waals surface area contributed by atoms with Crippen LogP contribution in [0.2, 0.25) is 0 Å². The lowest BCUT2D eigenvalue weighted by atomic mass is 10.1. The number of aryl methyl sites for hydroxylation is 1. The van der Waals surface area contributed by atoms with Gasteiger partial charge in [0, 0.05) is 5.56 Å². The Morgan fingerprint density at radius 1 is 1.03 bits per heavy atom. The van der Waals surface area contributed by atoms with Gasteiger partial charge in [-0.25, -0.2) is 10.2 Å². The Balaban J connectivity index is 1.68. The molecule has 2 aromatic carbocycles. The molecule has 9 nitrogen and oxygen atoms in total. The van der Waals surface area contributed by atoms with Crippen molar-refractivity contribution in [3.63, 3.8) is 0 Å². The molecule has 34 heavy (non-hydrogen) atoms. The number of carbonyl (C=O) groups is 2. The van der Waals surface area contributed by atoms with Crippen molar-refractivity contribution >= 4 is 33.5 Å². The molecule has 1 amide bonds. The fourth-order valence-corrected chi connectivity index (χ4v) is 3.36. The molecule has 0 fully saturated rings. The first-order chi connectivity index (χ1) is 16.2. The van der Waals surface area contributed by atoms with E-state index in [-0.39, 0.29) is 18.2 Å². The highest BCUT2D eigenvalue weighted by atomic mass is 79.9. The van der Waals surface area contributed by atoms with E-state index in [1.54, 1.807) is 61.2 Å². The minimum absolute atomic E-state index is 0.0403. The zero-order chi connectivity index (χ0) is 24.8. The number of hydrogen-bond donors (Lipinski definition) is 1. The molecule has 3 aromatic rings. The second kappa shape index (κ2) is 11.0. The van der Waals surface area contributed by atoms with Crippen LogP contribution in [0.1, 0.15) is 34.2 Å². The number of halogens is 1. The summed E-state index contributed by atoms with van der Waals surface area (Å²) in [6, 6.07) is 11.6. The molecular weight excluding hydrogens is 504 g/mol. The van der Waals surface area contributed by atoms with Crippen LogP contribution in [-0.4, -0.2) is 41.6 Å². The number of amides is 1. The molecule has 178 valence electrons. The summed E-state index contributed by atoms with van der Waals surface area (Å²) < 4.78 is 18.5. The van der Waals surface area contributed by atoms with Gasteiger partial charge in [-0.05, 0) is 79.2 Å². The Labute approximate surface area is 205 Å². The topological polar surface area (TPSA) is 104 Å². The molecule has 0 unspecified atom stereocenters. The third-order valence-electron chi connectivity index (χ3n) is 5.04. The van der Waals surface area contributed by atoms with Crippen LogP contribution in [0.25, 0.3) is 0 Å². The second-order valence-electron chi connectivity index (χ2n) is 7.36. The summed E-state index contributed by atoms with van der Waals surface area (Å²) in [6.45, 7) is 5.52. The number of ether oxygens (including phenoxy) is 3. The maximum Gasteiger partial charge on any atom is 0.343 e. The van der Waals surface area contributed by atoms with E-state index in [0.717, 1.165) is 15.9 Å². The largest absolute Gasteiger partial charge is 0.497 e. The van der Waals surface area contributed by atoms with Crippen LogP contribution in [0.15, 0.2) is 52.0 Å². The number of benzene rings is 2. The summed E-state index contributed by atoms with van der Waals surface area (Å²) >= 11 is 3.45. The zero-order valence-electron chi connectivity index (χ0n) is 19.5. The molecule has 0 saturated carbocycles. The van der Waals surface area contributed by atoms with Gasteiger partial charge in [0.2, 0.25) is 0 Å². The van der Waals surface area contributed by atoms with Crippen LogP contribution >= 0.6 is 15.9 Å². The summed E-state index contributed by atoms with van der Waals surface area (Å²) in [5, 5.41) is 8.49. The van der Waals surface area contributed by atoms with E-state index in [1.807, 2.05) is 13.8 Å². The monoisotopic (exact) mass is 528 g/mol. The molecule has 1 N–H and O–H groups in total. The van der Waals surface area contributed by atoms with Gasteiger partial charge in [-0.15, -0.1) is 0 Å². The Hall–Kier alpha value is -3.66. The number of aromatic nitrogens is 2. The molecule has 1 aromatic heterocycles. The van der Waals surface area contributed by atoms with E-state index < -0.39 is 5.97 Å². The first kappa shape index (κ1) is 25.0. The molecule has 3 rings (SSSR count). The van der Waals surface area contributed by atoms with Crippen LogP contribution in [0.3, 0.4) is 0 Å². The lowest BCUT2D eigenvalue weighted by Gasteiger charge is -2.11. The molecule has 0 aliphatic rings. The fourth-order valence-electron chi connectivity index (χ4n) is 3.07. The van der Waals surface area contributed by atoms with Gasteiger partial charge in [0.25, 0.3) is 5.91 Å². The first-order valence-corrected chi connectivity index (χ1v) is 11.1. The number of hydrogen-bond acceptors (Lipinski definition) is 7. The van der Waals surface area contributed by atoms with Crippen LogP contribution < -0.4 is 19.6 Å². The number of nitrogens with one attached hydrogen (secondary N) is 1. The molecule has 0 aliphatic carbocycles. The quantitative estimate of drug-likeness (QED) is 0.205. The van der Waals surface area contributed by atoms with E-state index in [1.165, 1.54) is 7.11 Å². The molecule has 0 saturated heterocycles. The van der Waals surface area contributed by atoms with Crippen molar-refractivity contribution in [2.24, 2.45) is 5.10 Å². The Kier molecular flexibility index (Phi) is 8.06. The summed E-state index contributed by atoms with van der Waals surface area (Å²) in [5.74, 6) is 0.423. The van der Waals surface area contributed by atoms with Crippen LogP contribution in [0.5, 0.6) is 17.2 Å². The third kappa shape index (κ3) is 5.82.